The van der Waals surface area contributed by atoms with Gasteiger partial charge < -0.3 is 15.3 Å². The molecule has 0 aromatic rings. The highest BCUT2D eigenvalue weighted by molar-refractivity contribution is 7.90. The van der Waals surface area contributed by atoms with E-state index in [9.17, 15) is 18.0 Å². The molecule has 3 unspecified atom stereocenters. The van der Waals surface area contributed by atoms with E-state index in [4.69, 9.17) is 5.11 Å². The molecular weight excluding hydrogens is 296 g/mol. The molecule has 0 saturated carbocycles. The van der Waals surface area contributed by atoms with Crippen molar-refractivity contribution < 1.29 is 23.1 Å². The van der Waals surface area contributed by atoms with Crippen LogP contribution in [0, 0.1) is 0 Å². The zero-order chi connectivity index (χ0) is 16.2. The van der Waals surface area contributed by atoms with E-state index in [1.165, 1.54) is 0 Å². The number of carbonyl (C=O) groups is 2. The molecule has 1 rings (SSSR count). The molecule has 0 aromatic carbocycles. The van der Waals surface area contributed by atoms with Gasteiger partial charge in [0.15, 0.2) is 0 Å². The molecule has 8 heteroatoms. The summed E-state index contributed by atoms with van der Waals surface area (Å²) in [6.07, 6.45) is 3.74. The number of rotatable bonds is 5. The van der Waals surface area contributed by atoms with Crippen LogP contribution in [0.3, 0.4) is 0 Å². The summed E-state index contributed by atoms with van der Waals surface area (Å²) < 4.78 is 22.3. The van der Waals surface area contributed by atoms with Crippen LogP contribution < -0.4 is 5.32 Å². The fourth-order valence-electron chi connectivity index (χ4n) is 2.63. The Morgan fingerprint density at radius 3 is 2.24 bits per heavy atom. The van der Waals surface area contributed by atoms with E-state index in [0.717, 1.165) is 25.5 Å². The molecule has 1 aliphatic heterocycles. The van der Waals surface area contributed by atoms with Crippen LogP contribution in [-0.2, 0) is 14.6 Å². The SMILES string of the molecule is CC1CCCC(C)N1C(=O)NC(CCS(C)(=O)=O)C(=O)O. The lowest BCUT2D eigenvalue weighted by atomic mass is 9.98. The van der Waals surface area contributed by atoms with Crippen LogP contribution in [0.1, 0.15) is 39.5 Å². The van der Waals surface area contributed by atoms with Gasteiger partial charge in [-0.05, 0) is 39.5 Å². The van der Waals surface area contributed by atoms with Gasteiger partial charge in [0, 0.05) is 18.3 Å². The molecule has 122 valence electrons. The minimum absolute atomic E-state index is 0.0538. The number of carbonyl (C=O) groups excluding carboxylic acids is 1. The average molecular weight is 320 g/mol. The van der Waals surface area contributed by atoms with E-state index < -0.39 is 27.9 Å². The van der Waals surface area contributed by atoms with Gasteiger partial charge in [-0.25, -0.2) is 18.0 Å². The highest BCUT2D eigenvalue weighted by Crippen LogP contribution is 2.22. The molecule has 0 aromatic heterocycles. The number of urea groups is 1. The molecule has 1 saturated heterocycles. The van der Waals surface area contributed by atoms with Gasteiger partial charge in [0.25, 0.3) is 0 Å². The van der Waals surface area contributed by atoms with Gasteiger partial charge in [0.2, 0.25) is 0 Å². The number of piperidine rings is 1. The number of hydrogen-bond donors (Lipinski definition) is 2. The van der Waals surface area contributed by atoms with E-state index in [1.54, 1.807) is 4.90 Å². The lowest BCUT2D eigenvalue weighted by Crippen LogP contribution is -2.55. The molecule has 1 heterocycles. The molecule has 3 atom stereocenters. The molecule has 1 aliphatic rings. The van der Waals surface area contributed by atoms with Gasteiger partial charge in [-0.3, -0.25) is 0 Å². The van der Waals surface area contributed by atoms with Gasteiger partial charge in [0.1, 0.15) is 15.9 Å². The number of likely N-dealkylation sites (tertiary alicyclic amines) is 1. The number of aliphatic carboxylic acids is 1. The first-order valence-electron chi connectivity index (χ1n) is 7.11. The third kappa shape index (κ3) is 5.53. The molecule has 2 amide bonds. The Morgan fingerprint density at radius 2 is 1.81 bits per heavy atom. The fourth-order valence-corrected chi connectivity index (χ4v) is 3.30. The van der Waals surface area contributed by atoms with Crippen LogP contribution in [0.15, 0.2) is 0 Å². The maximum atomic E-state index is 12.3. The first-order chi connectivity index (χ1) is 9.61. The number of nitrogens with zero attached hydrogens (tertiary/aromatic N) is 1. The summed E-state index contributed by atoms with van der Waals surface area (Å²) in [5.41, 5.74) is 0. The Kier molecular flexibility index (Phi) is 6.00. The number of carboxylic acid groups (broad SMARTS) is 1. The van der Waals surface area contributed by atoms with Gasteiger partial charge in [-0.15, -0.1) is 0 Å². The van der Waals surface area contributed by atoms with Crippen LogP contribution in [-0.4, -0.2) is 60.6 Å². The normalized spacial score (nSPS) is 24.4. The van der Waals surface area contributed by atoms with Crippen molar-refractivity contribution in [2.24, 2.45) is 0 Å². The number of nitrogens with one attached hydrogen (secondary N) is 1. The summed E-state index contributed by atoms with van der Waals surface area (Å²) in [6.45, 7) is 3.86. The molecular formula is C13H24N2O5S. The van der Waals surface area contributed by atoms with Crippen molar-refractivity contribution >= 4 is 21.8 Å². The van der Waals surface area contributed by atoms with Crippen LogP contribution in [0.25, 0.3) is 0 Å². The zero-order valence-electron chi connectivity index (χ0n) is 12.7. The summed E-state index contributed by atoms with van der Waals surface area (Å²) >= 11 is 0. The minimum atomic E-state index is -3.26. The van der Waals surface area contributed by atoms with Gasteiger partial charge in [-0.1, -0.05) is 0 Å². The van der Waals surface area contributed by atoms with E-state index in [2.05, 4.69) is 5.32 Å². The number of sulfone groups is 1. The van der Waals surface area contributed by atoms with Crippen molar-refractivity contribution in [3.05, 3.63) is 0 Å². The molecule has 1 fully saturated rings. The number of amides is 2. The smallest absolute Gasteiger partial charge is 0.326 e. The van der Waals surface area contributed by atoms with Gasteiger partial charge in [0.05, 0.1) is 5.75 Å². The summed E-state index contributed by atoms with van der Waals surface area (Å²) in [6, 6.07) is -1.51. The van der Waals surface area contributed by atoms with Crippen molar-refractivity contribution in [1.82, 2.24) is 10.2 Å². The third-order valence-electron chi connectivity index (χ3n) is 3.80. The Bertz CT molecular complexity index is 481. The Hall–Kier alpha value is -1.31. The topological polar surface area (TPSA) is 104 Å². The molecule has 0 aliphatic carbocycles. The molecule has 0 radical (unpaired) electrons. The van der Waals surface area contributed by atoms with Crippen LogP contribution in [0.5, 0.6) is 0 Å². The van der Waals surface area contributed by atoms with E-state index >= 15 is 0 Å². The standard InChI is InChI=1S/C13H24N2O5S/c1-9-5-4-6-10(2)15(9)13(18)14-11(12(16)17)7-8-21(3,19)20/h9-11H,4-8H2,1-3H3,(H,14,18)(H,16,17). The molecule has 0 bridgehead atoms. The second-order valence-corrected chi connectivity index (χ2v) is 8.05. The minimum Gasteiger partial charge on any atom is -0.480 e. The third-order valence-corrected chi connectivity index (χ3v) is 4.78. The van der Waals surface area contributed by atoms with Crippen LogP contribution in [0.2, 0.25) is 0 Å². The lowest BCUT2D eigenvalue weighted by molar-refractivity contribution is -0.139. The first kappa shape index (κ1) is 17.7. The Labute approximate surface area is 125 Å². The second kappa shape index (κ2) is 7.11. The zero-order valence-corrected chi connectivity index (χ0v) is 13.5. The quantitative estimate of drug-likeness (QED) is 0.781. The van der Waals surface area contributed by atoms with Crippen molar-refractivity contribution in [3.63, 3.8) is 0 Å². The van der Waals surface area contributed by atoms with Gasteiger partial charge >= 0.3 is 12.0 Å². The van der Waals surface area contributed by atoms with Crippen molar-refractivity contribution in [1.29, 1.82) is 0 Å². The Morgan fingerprint density at radius 1 is 1.29 bits per heavy atom. The molecule has 0 spiro atoms. The first-order valence-corrected chi connectivity index (χ1v) is 9.17. The van der Waals surface area contributed by atoms with Crippen molar-refractivity contribution in [3.8, 4) is 0 Å². The fraction of sp³-hybridized carbons (Fsp3) is 0.846. The van der Waals surface area contributed by atoms with Crippen molar-refractivity contribution in [2.75, 3.05) is 12.0 Å². The maximum Gasteiger partial charge on any atom is 0.326 e. The largest absolute Gasteiger partial charge is 0.480 e. The number of hydrogen-bond acceptors (Lipinski definition) is 4. The Balaban J connectivity index is 2.69. The predicted molar refractivity (Wildman–Crippen MR) is 78.9 cm³/mol. The number of carboxylic acids is 1. The lowest BCUT2D eigenvalue weighted by Gasteiger charge is -2.39. The van der Waals surface area contributed by atoms with Crippen molar-refractivity contribution in [2.45, 2.75) is 57.7 Å². The molecule has 2 N–H and O–H groups in total. The van der Waals surface area contributed by atoms with E-state index in [0.29, 0.717) is 0 Å². The summed E-state index contributed by atoms with van der Waals surface area (Å²) in [5, 5.41) is 11.6. The molecule has 7 nitrogen and oxygen atoms in total. The van der Waals surface area contributed by atoms with Crippen LogP contribution >= 0.6 is 0 Å². The highest BCUT2D eigenvalue weighted by atomic mass is 32.2. The predicted octanol–water partition coefficient (Wildman–Crippen LogP) is 0.847. The highest BCUT2D eigenvalue weighted by Gasteiger charge is 2.31. The van der Waals surface area contributed by atoms with E-state index in [-0.39, 0.29) is 24.3 Å². The van der Waals surface area contributed by atoms with Gasteiger partial charge in [-0.2, -0.15) is 0 Å². The summed E-state index contributed by atoms with van der Waals surface area (Å²) in [5.74, 6) is -1.49. The monoisotopic (exact) mass is 320 g/mol. The maximum absolute atomic E-state index is 12.3. The second-order valence-electron chi connectivity index (χ2n) is 5.80. The molecule has 21 heavy (non-hydrogen) atoms. The average Bonchev–Trinajstić information content (AvgIpc) is 2.32. The summed E-state index contributed by atoms with van der Waals surface area (Å²) in [7, 11) is -3.26. The summed E-state index contributed by atoms with van der Waals surface area (Å²) in [4.78, 5) is 25.1. The van der Waals surface area contributed by atoms with Crippen LogP contribution in [0.4, 0.5) is 4.79 Å². The van der Waals surface area contributed by atoms with E-state index in [1.807, 2.05) is 13.8 Å².